The third-order valence-electron chi connectivity index (χ3n) is 3.19. The van der Waals surface area contributed by atoms with Crippen molar-refractivity contribution in [2.24, 2.45) is 4.99 Å². The van der Waals surface area contributed by atoms with E-state index in [0.717, 1.165) is 11.1 Å². The standard InChI is InChI=1S/C17H13ClN2O2/c1-22-14-7-3-5-12(10-14)16-19-15(17(21)20-16)9-11-4-2-6-13(18)8-11/h2-10H,1H3,(H,19,20,21)/b15-9+. The van der Waals surface area contributed by atoms with Crippen LogP contribution in [-0.2, 0) is 4.79 Å². The summed E-state index contributed by atoms with van der Waals surface area (Å²) in [5.41, 5.74) is 1.97. The van der Waals surface area contributed by atoms with Gasteiger partial charge in [-0.1, -0.05) is 35.9 Å². The van der Waals surface area contributed by atoms with Gasteiger partial charge in [0.05, 0.1) is 7.11 Å². The first-order valence-electron chi connectivity index (χ1n) is 6.67. The maximum atomic E-state index is 12.0. The van der Waals surface area contributed by atoms with Gasteiger partial charge in [-0.3, -0.25) is 4.79 Å². The minimum Gasteiger partial charge on any atom is -0.497 e. The summed E-state index contributed by atoms with van der Waals surface area (Å²) in [5, 5.41) is 3.38. The molecule has 110 valence electrons. The molecule has 0 bridgehead atoms. The van der Waals surface area contributed by atoms with Crippen molar-refractivity contribution in [2.75, 3.05) is 7.11 Å². The van der Waals surface area contributed by atoms with Crippen LogP contribution in [0.3, 0.4) is 0 Å². The van der Waals surface area contributed by atoms with Gasteiger partial charge in [-0.2, -0.15) is 0 Å². The van der Waals surface area contributed by atoms with E-state index in [9.17, 15) is 4.79 Å². The molecule has 1 N–H and O–H groups in total. The van der Waals surface area contributed by atoms with E-state index in [-0.39, 0.29) is 5.91 Å². The number of methoxy groups -OCH3 is 1. The van der Waals surface area contributed by atoms with Crippen LogP contribution >= 0.6 is 11.6 Å². The molecule has 1 heterocycles. The van der Waals surface area contributed by atoms with Gasteiger partial charge in [0.1, 0.15) is 17.3 Å². The number of ether oxygens (including phenoxy) is 1. The lowest BCUT2D eigenvalue weighted by Gasteiger charge is -2.03. The highest BCUT2D eigenvalue weighted by Crippen LogP contribution is 2.19. The van der Waals surface area contributed by atoms with E-state index in [4.69, 9.17) is 16.3 Å². The van der Waals surface area contributed by atoms with E-state index in [1.807, 2.05) is 36.4 Å². The molecule has 0 radical (unpaired) electrons. The monoisotopic (exact) mass is 312 g/mol. The van der Waals surface area contributed by atoms with Crippen LogP contribution in [0.1, 0.15) is 11.1 Å². The maximum absolute atomic E-state index is 12.0. The van der Waals surface area contributed by atoms with Crippen LogP contribution in [0.25, 0.3) is 6.08 Å². The third kappa shape index (κ3) is 3.02. The molecule has 2 aromatic carbocycles. The summed E-state index contributed by atoms with van der Waals surface area (Å²) < 4.78 is 5.18. The van der Waals surface area contributed by atoms with Gasteiger partial charge in [0, 0.05) is 10.6 Å². The number of hydrogen-bond acceptors (Lipinski definition) is 3. The van der Waals surface area contributed by atoms with Crippen molar-refractivity contribution < 1.29 is 9.53 Å². The zero-order valence-corrected chi connectivity index (χ0v) is 12.6. The Morgan fingerprint density at radius 1 is 1.18 bits per heavy atom. The Labute approximate surface area is 133 Å². The summed E-state index contributed by atoms with van der Waals surface area (Å²) in [5.74, 6) is 0.983. The van der Waals surface area contributed by atoms with Crippen molar-refractivity contribution in [2.45, 2.75) is 0 Å². The highest BCUT2D eigenvalue weighted by atomic mass is 35.5. The van der Waals surface area contributed by atoms with E-state index < -0.39 is 0 Å². The highest BCUT2D eigenvalue weighted by Gasteiger charge is 2.21. The van der Waals surface area contributed by atoms with E-state index >= 15 is 0 Å². The molecule has 2 aromatic rings. The number of amides is 1. The van der Waals surface area contributed by atoms with Gasteiger partial charge in [0.15, 0.2) is 0 Å². The Kier molecular flexibility index (Phi) is 3.94. The maximum Gasteiger partial charge on any atom is 0.275 e. The predicted molar refractivity (Wildman–Crippen MR) is 87.1 cm³/mol. The summed E-state index contributed by atoms with van der Waals surface area (Å²) >= 11 is 5.95. The van der Waals surface area contributed by atoms with Crippen LogP contribution in [0.2, 0.25) is 5.02 Å². The molecule has 1 amide bonds. The topological polar surface area (TPSA) is 50.7 Å². The second kappa shape index (κ2) is 6.03. The SMILES string of the molecule is COc1cccc(C2=N/C(=C/c3cccc(Cl)c3)C(=O)N2)c1. The van der Waals surface area contributed by atoms with Gasteiger partial charge in [-0.05, 0) is 35.9 Å². The first-order chi connectivity index (χ1) is 10.7. The Hall–Kier alpha value is -2.59. The van der Waals surface area contributed by atoms with Crippen molar-refractivity contribution in [3.63, 3.8) is 0 Å². The molecule has 0 aliphatic carbocycles. The van der Waals surface area contributed by atoms with Crippen LogP contribution in [0.5, 0.6) is 5.75 Å². The molecular weight excluding hydrogens is 300 g/mol. The second-order valence-electron chi connectivity index (χ2n) is 4.73. The molecule has 1 aliphatic heterocycles. The van der Waals surface area contributed by atoms with Crippen LogP contribution in [0, 0.1) is 0 Å². The summed E-state index contributed by atoms with van der Waals surface area (Å²) in [6, 6.07) is 14.6. The van der Waals surface area contributed by atoms with Gasteiger partial charge in [-0.25, -0.2) is 4.99 Å². The summed E-state index contributed by atoms with van der Waals surface area (Å²) in [7, 11) is 1.60. The second-order valence-corrected chi connectivity index (χ2v) is 5.17. The van der Waals surface area contributed by atoms with E-state index in [2.05, 4.69) is 10.3 Å². The lowest BCUT2D eigenvalue weighted by atomic mass is 10.2. The highest BCUT2D eigenvalue weighted by molar-refractivity contribution is 6.30. The van der Waals surface area contributed by atoms with Crippen molar-refractivity contribution in [3.8, 4) is 5.75 Å². The zero-order chi connectivity index (χ0) is 15.5. The predicted octanol–water partition coefficient (Wildman–Crippen LogP) is 3.27. The molecule has 4 nitrogen and oxygen atoms in total. The fraction of sp³-hybridized carbons (Fsp3) is 0.0588. The van der Waals surface area contributed by atoms with Crippen LogP contribution < -0.4 is 10.1 Å². The fourth-order valence-electron chi connectivity index (χ4n) is 2.13. The van der Waals surface area contributed by atoms with Crippen LogP contribution in [0.15, 0.2) is 59.2 Å². The number of halogens is 1. The van der Waals surface area contributed by atoms with Gasteiger partial charge < -0.3 is 10.1 Å². The fourth-order valence-corrected chi connectivity index (χ4v) is 2.33. The van der Waals surface area contributed by atoms with Crippen LogP contribution in [-0.4, -0.2) is 18.9 Å². The van der Waals surface area contributed by atoms with Crippen molar-refractivity contribution >= 4 is 29.4 Å². The first-order valence-corrected chi connectivity index (χ1v) is 7.05. The molecule has 1 aliphatic rings. The molecule has 3 rings (SSSR count). The number of amidine groups is 1. The zero-order valence-electron chi connectivity index (χ0n) is 11.8. The molecule has 0 atom stereocenters. The largest absolute Gasteiger partial charge is 0.497 e. The molecule has 0 saturated heterocycles. The van der Waals surface area contributed by atoms with Gasteiger partial charge in [0.25, 0.3) is 5.91 Å². The number of nitrogens with one attached hydrogen (secondary N) is 1. The number of aliphatic imine (C=N–C) groups is 1. The van der Waals surface area contributed by atoms with Crippen molar-refractivity contribution in [3.05, 3.63) is 70.4 Å². The number of carbonyl (C=O) groups is 1. The Bertz CT molecular complexity index is 797. The van der Waals surface area contributed by atoms with Crippen LogP contribution in [0.4, 0.5) is 0 Å². The molecule has 0 fully saturated rings. The number of nitrogens with zero attached hydrogens (tertiary/aromatic N) is 1. The Balaban J connectivity index is 1.94. The molecule has 0 spiro atoms. The number of rotatable bonds is 3. The number of hydrogen-bond donors (Lipinski definition) is 1. The quantitative estimate of drug-likeness (QED) is 0.884. The average molecular weight is 313 g/mol. The Morgan fingerprint density at radius 2 is 2.00 bits per heavy atom. The smallest absolute Gasteiger partial charge is 0.275 e. The summed E-state index contributed by atoms with van der Waals surface area (Å²) in [4.78, 5) is 16.4. The van der Waals surface area contributed by atoms with Crippen molar-refractivity contribution in [1.82, 2.24) is 5.32 Å². The summed E-state index contributed by atoms with van der Waals surface area (Å²) in [6.45, 7) is 0. The lowest BCUT2D eigenvalue weighted by molar-refractivity contribution is -0.115. The van der Waals surface area contributed by atoms with E-state index in [0.29, 0.717) is 22.3 Å². The minimum absolute atomic E-state index is 0.238. The molecule has 0 unspecified atom stereocenters. The molecule has 5 heteroatoms. The molecule has 0 aromatic heterocycles. The van der Waals surface area contributed by atoms with Gasteiger partial charge in [0.2, 0.25) is 0 Å². The number of carbonyl (C=O) groups excluding carboxylic acids is 1. The van der Waals surface area contributed by atoms with Gasteiger partial charge >= 0.3 is 0 Å². The van der Waals surface area contributed by atoms with E-state index in [1.165, 1.54) is 0 Å². The van der Waals surface area contributed by atoms with Crippen molar-refractivity contribution in [1.29, 1.82) is 0 Å². The average Bonchev–Trinajstić information content (AvgIpc) is 2.88. The molecular formula is C17H13ClN2O2. The lowest BCUT2D eigenvalue weighted by Crippen LogP contribution is -2.24. The van der Waals surface area contributed by atoms with E-state index in [1.54, 1.807) is 25.3 Å². The molecule has 22 heavy (non-hydrogen) atoms. The third-order valence-corrected chi connectivity index (χ3v) is 3.43. The molecule has 0 saturated carbocycles. The Morgan fingerprint density at radius 3 is 2.77 bits per heavy atom. The normalized spacial score (nSPS) is 15.6. The first kappa shape index (κ1) is 14.4. The summed E-state index contributed by atoms with van der Waals surface area (Å²) in [6.07, 6.45) is 1.70. The van der Waals surface area contributed by atoms with Gasteiger partial charge in [-0.15, -0.1) is 0 Å². The minimum atomic E-state index is -0.238. The number of benzene rings is 2.